The summed E-state index contributed by atoms with van der Waals surface area (Å²) in [7, 11) is 4.03. The Labute approximate surface area is 216 Å². The van der Waals surface area contributed by atoms with E-state index < -0.39 is 0 Å². The number of nitrogens with zero attached hydrogens (tertiary/aromatic N) is 1. The molecule has 4 rings (SSSR count). The molecule has 0 aliphatic carbocycles. The highest BCUT2D eigenvalue weighted by Crippen LogP contribution is 2.33. The summed E-state index contributed by atoms with van der Waals surface area (Å²) in [5, 5.41) is 3.10. The summed E-state index contributed by atoms with van der Waals surface area (Å²) in [4.78, 5) is 17.4. The first-order chi connectivity index (χ1) is 17.1. The molecule has 0 heterocycles. The van der Waals surface area contributed by atoms with Gasteiger partial charge < -0.3 is 14.9 Å². The minimum atomic E-state index is -0.0863. The van der Waals surface area contributed by atoms with Crippen LogP contribution < -0.4 is 14.9 Å². The van der Waals surface area contributed by atoms with Gasteiger partial charge in [-0.25, -0.2) is 0 Å². The van der Waals surface area contributed by atoms with Crippen LogP contribution in [0.2, 0.25) is 0 Å². The number of anilines is 2. The van der Waals surface area contributed by atoms with Crippen molar-refractivity contribution in [3.63, 3.8) is 0 Å². The highest BCUT2D eigenvalue weighted by atomic mass is 32.2. The predicted octanol–water partition coefficient (Wildman–Crippen LogP) is 7.09. The molecular formula is C29H29N3OS2. The van der Waals surface area contributed by atoms with E-state index in [0.717, 1.165) is 32.5 Å². The van der Waals surface area contributed by atoms with Gasteiger partial charge in [0.2, 0.25) is 0 Å². The number of benzene rings is 4. The van der Waals surface area contributed by atoms with Crippen LogP contribution in [-0.4, -0.2) is 20.0 Å². The van der Waals surface area contributed by atoms with Crippen molar-refractivity contribution < 1.29 is 4.79 Å². The van der Waals surface area contributed by atoms with Gasteiger partial charge in [-0.3, -0.25) is 4.79 Å². The molecule has 0 aliphatic rings. The molecule has 0 fully saturated rings. The number of rotatable bonds is 10. The van der Waals surface area contributed by atoms with Gasteiger partial charge in [0.15, 0.2) is 0 Å². The molecule has 2 N–H and O–H groups in total. The summed E-state index contributed by atoms with van der Waals surface area (Å²) in [6.07, 6.45) is 0. The van der Waals surface area contributed by atoms with Crippen molar-refractivity contribution in [2.24, 2.45) is 0 Å². The van der Waals surface area contributed by atoms with Gasteiger partial charge in [0.1, 0.15) is 0 Å². The summed E-state index contributed by atoms with van der Waals surface area (Å²) in [6, 6.07) is 34.7. The normalized spacial score (nSPS) is 10.6. The third kappa shape index (κ3) is 7.31. The summed E-state index contributed by atoms with van der Waals surface area (Å²) < 4.78 is 3.39. The zero-order valence-corrected chi connectivity index (χ0v) is 21.5. The average molecular weight is 500 g/mol. The average Bonchev–Trinajstić information content (AvgIpc) is 2.89. The van der Waals surface area contributed by atoms with Crippen LogP contribution in [0.3, 0.4) is 0 Å². The number of amides is 1. The fourth-order valence-electron chi connectivity index (χ4n) is 3.44. The largest absolute Gasteiger partial charge is 0.378 e. The van der Waals surface area contributed by atoms with E-state index in [2.05, 4.69) is 51.3 Å². The maximum Gasteiger partial charge on any atom is 0.252 e. The molecular weight excluding hydrogens is 470 g/mol. The monoisotopic (exact) mass is 499 g/mol. The van der Waals surface area contributed by atoms with Crippen LogP contribution in [0.5, 0.6) is 0 Å². The standard InChI is InChI=1S/C29H29N3OS2/c1-32(2)25-16-13-22(14-17-25)20-30-29(33)27-19-24(31-34-21-23-9-5-3-6-10-23)15-18-28(27)35-26-11-7-4-8-12-26/h3-19,31H,20-21H2,1-2H3,(H,30,33). The lowest BCUT2D eigenvalue weighted by Crippen LogP contribution is -2.23. The Balaban J connectivity index is 1.47. The van der Waals surface area contributed by atoms with Gasteiger partial charge >= 0.3 is 0 Å². The Morgan fingerprint density at radius 2 is 1.49 bits per heavy atom. The first-order valence-electron chi connectivity index (χ1n) is 11.4. The fourth-order valence-corrected chi connectivity index (χ4v) is 5.11. The van der Waals surface area contributed by atoms with Crippen LogP contribution in [-0.2, 0) is 12.3 Å². The van der Waals surface area contributed by atoms with Crippen molar-refractivity contribution in [2.75, 3.05) is 23.7 Å². The van der Waals surface area contributed by atoms with Crippen molar-refractivity contribution >= 4 is 41.0 Å². The van der Waals surface area contributed by atoms with Gasteiger partial charge in [0, 0.05) is 47.6 Å². The Kier molecular flexibility index (Phi) is 8.76. The third-order valence-corrected chi connectivity index (χ3v) is 7.31. The number of hydrogen-bond acceptors (Lipinski definition) is 5. The summed E-state index contributed by atoms with van der Waals surface area (Å²) in [5.74, 6) is 0.753. The second-order valence-corrected chi connectivity index (χ2v) is 10.1. The van der Waals surface area contributed by atoms with Gasteiger partial charge in [-0.1, -0.05) is 72.4 Å². The SMILES string of the molecule is CN(C)c1ccc(CNC(=O)c2cc(NSCc3ccccc3)ccc2Sc2ccccc2)cc1. The number of carbonyl (C=O) groups excluding carboxylic acids is 1. The molecule has 0 aromatic heterocycles. The Morgan fingerprint density at radius 1 is 0.800 bits per heavy atom. The maximum atomic E-state index is 13.3. The molecule has 4 aromatic carbocycles. The highest BCUT2D eigenvalue weighted by molar-refractivity contribution is 8.00. The molecule has 0 saturated heterocycles. The molecule has 0 spiro atoms. The van der Waals surface area contributed by atoms with E-state index in [0.29, 0.717) is 12.1 Å². The summed E-state index contributed by atoms with van der Waals surface area (Å²) >= 11 is 3.21. The van der Waals surface area contributed by atoms with Crippen molar-refractivity contribution in [3.8, 4) is 0 Å². The molecule has 178 valence electrons. The van der Waals surface area contributed by atoms with E-state index in [1.54, 1.807) is 23.7 Å². The Bertz CT molecular complexity index is 1230. The lowest BCUT2D eigenvalue weighted by atomic mass is 10.1. The Hall–Kier alpha value is -3.35. The predicted molar refractivity (Wildman–Crippen MR) is 150 cm³/mol. The molecule has 0 bridgehead atoms. The number of hydrogen-bond donors (Lipinski definition) is 2. The Morgan fingerprint density at radius 3 is 2.17 bits per heavy atom. The smallest absolute Gasteiger partial charge is 0.252 e. The van der Waals surface area contributed by atoms with E-state index in [1.165, 1.54) is 5.56 Å². The minimum Gasteiger partial charge on any atom is -0.378 e. The molecule has 35 heavy (non-hydrogen) atoms. The van der Waals surface area contributed by atoms with Crippen molar-refractivity contribution in [1.82, 2.24) is 5.32 Å². The zero-order chi connectivity index (χ0) is 24.5. The fraction of sp³-hybridized carbons (Fsp3) is 0.138. The van der Waals surface area contributed by atoms with Crippen LogP contribution in [0, 0.1) is 0 Å². The van der Waals surface area contributed by atoms with Gasteiger partial charge in [-0.2, -0.15) is 0 Å². The van der Waals surface area contributed by atoms with Crippen molar-refractivity contribution in [3.05, 3.63) is 120 Å². The molecule has 0 unspecified atom stereocenters. The molecule has 4 aromatic rings. The summed E-state index contributed by atoms with van der Waals surface area (Å²) in [5.41, 5.74) is 5.01. The van der Waals surface area contributed by atoms with E-state index in [-0.39, 0.29) is 5.91 Å². The second-order valence-electron chi connectivity index (χ2n) is 8.25. The lowest BCUT2D eigenvalue weighted by Gasteiger charge is -2.14. The third-order valence-electron chi connectivity index (χ3n) is 5.37. The van der Waals surface area contributed by atoms with Gasteiger partial charge in [-0.15, -0.1) is 0 Å². The minimum absolute atomic E-state index is 0.0863. The maximum absolute atomic E-state index is 13.3. The zero-order valence-electron chi connectivity index (χ0n) is 19.9. The van der Waals surface area contributed by atoms with Gasteiger partial charge in [0.25, 0.3) is 5.91 Å². The molecule has 0 aliphatic heterocycles. The number of carbonyl (C=O) groups is 1. The molecule has 4 nitrogen and oxygen atoms in total. The van der Waals surface area contributed by atoms with Gasteiger partial charge in [0.05, 0.1) is 5.56 Å². The first-order valence-corrected chi connectivity index (χ1v) is 13.2. The van der Waals surface area contributed by atoms with Crippen LogP contribution in [0.25, 0.3) is 0 Å². The molecule has 1 amide bonds. The molecule has 0 saturated carbocycles. The van der Waals surface area contributed by atoms with Crippen molar-refractivity contribution in [2.45, 2.75) is 22.1 Å². The molecule has 6 heteroatoms. The van der Waals surface area contributed by atoms with Crippen LogP contribution in [0.15, 0.2) is 113 Å². The van der Waals surface area contributed by atoms with E-state index in [1.807, 2.05) is 80.8 Å². The van der Waals surface area contributed by atoms with E-state index >= 15 is 0 Å². The first kappa shape index (κ1) is 24.8. The summed E-state index contributed by atoms with van der Waals surface area (Å²) in [6.45, 7) is 0.475. The lowest BCUT2D eigenvalue weighted by molar-refractivity contribution is 0.0948. The quantitative estimate of drug-likeness (QED) is 0.228. The van der Waals surface area contributed by atoms with Gasteiger partial charge in [-0.05, 0) is 65.5 Å². The van der Waals surface area contributed by atoms with E-state index in [4.69, 9.17) is 0 Å². The van der Waals surface area contributed by atoms with Crippen LogP contribution in [0.4, 0.5) is 11.4 Å². The number of nitrogens with one attached hydrogen (secondary N) is 2. The second kappa shape index (κ2) is 12.4. The molecule has 0 radical (unpaired) electrons. The van der Waals surface area contributed by atoms with E-state index in [9.17, 15) is 4.79 Å². The van der Waals surface area contributed by atoms with Crippen molar-refractivity contribution in [1.29, 1.82) is 0 Å². The topological polar surface area (TPSA) is 44.4 Å². The van der Waals surface area contributed by atoms with Crippen LogP contribution >= 0.6 is 23.7 Å². The molecule has 0 atom stereocenters. The van der Waals surface area contributed by atoms with Crippen LogP contribution in [0.1, 0.15) is 21.5 Å². The highest BCUT2D eigenvalue weighted by Gasteiger charge is 2.14.